The average Bonchev–Trinajstić information content (AvgIpc) is 3.06. The highest BCUT2D eigenvalue weighted by Gasteiger charge is 2.54. The van der Waals surface area contributed by atoms with Gasteiger partial charge in [-0.05, 0) is 24.0 Å². The average molecular weight is 363 g/mol. The smallest absolute Gasteiger partial charge is 0.125 e. The van der Waals surface area contributed by atoms with Gasteiger partial charge in [0.15, 0.2) is 0 Å². The summed E-state index contributed by atoms with van der Waals surface area (Å²) in [4.78, 5) is 5.34. The first-order chi connectivity index (χ1) is 13.3. The lowest BCUT2D eigenvalue weighted by molar-refractivity contribution is -0.141. The fourth-order valence-corrected chi connectivity index (χ4v) is 5.40. The van der Waals surface area contributed by atoms with Crippen molar-refractivity contribution in [2.24, 2.45) is 0 Å². The molecule has 3 heterocycles. The summed E-state index contributed by atoms with van der Waals surface area (Å²) in [7, 11) is 0. The lowest BCUT2D eigenvalue weighted by atomic mass is 9.91. The standard InChI is InChI=1S/C24H30N2O/c1-3-9-20(10-4-1)19-25-17-14-24(15-18-25)26-16-8-7-13-22(26)23(27-24)21-11-5-2-6-12-21/h1-6,9-12,22-23H,7-8,13-19H2. The third-order valence-electron chi connectivity index (χ3n) is 6.78. The largest absolute Gasteiger partial charge is 0.351 e. The van der Waals surface area contributed by atoms with E-state index in [1.165, 1.54) is 36.9 Å². The van der Waals surface area contributed by atoms with Crippen LogP contribution in [0.4, 0.5) is 0 Å². The van der Waals surface area contributed by atoms with Crippen molar-refractivity contribution in [3.05, 3.63) is 71.8 Å². The zero-order valence-corrected chi connectivity index (χ0v) is 16.1. The number of ether oxygens (including phenoxy) is 1. The molecule has 0 bridgehead atoms. The van der Waals surface area contributed by atoms with Gasteiger partial charge in [-0.25, -0.2) is 0 Å². The molecule has 27 heavy (non-hydrogen) atoms. The highest BCUT2D eigenvalue weighted by molar-refractivity contribution is 5.22. The van der Waals surface area contributed by atoms with E-state index in [1.807, 2.05) is 0 Å². The van der Waals surface area contributed by atoms with Gasteiger partial charge in [-0.1, -0.05) is 67.1 Å². The molecule has 3 aliphatic rings. The van der Waals surface area contributed by atoms with Crippen LogP contribution in [0.2, 0.25) is 0 Å². The Morgan fingerprint density at radius 2 is 1.56 bits per heavy atom. The van der Waals surface area contributed by atoms with Crippen molar-refractivity contribution in [2.75, 3.05) is 19.6 Å². The molecule has 142 valence electrons. The highest BCUT2D eigenvalue weighted by atomic mass is 16.5. The molecule has 3 nitrogen and oxygen atoms in total. The van der Waals surface area contributed by atoms with E-state index in [0.29, 0.717) is 6.04 Å². The molecule has 0 amide bonds. The Bertz CT molecular complexity index is 739. The SMILES string of the molecule is c1ccc(CN2CCC3(CC2)OC(c2ccccc2)C2CCCCN23)cc1. The molecule has 3 aliphatic heterocycles. The van der Waals surface area contributed by atoms with Gasteiger partial charge in [0.25, 0.3) is 0 Å². The number of hydrogen-bond acceptors (Lipinski definition) is 3. The number of fused-ring (bicyclic) bond motifs is 2. The second-order valence-electron chi connectivity index (χ2n) is 8.41. The van der Waals surface area contributed by atoms with E-state index in [2.05, 4.69) is 70.5 Å². The number of likely N-dealkylation sites (tertiary alicyclic amines) is 1. The predicted molar refractivity (Wildman–Crippen MR) is 108 cm³/mol. The lowest BCUT2D eigenvalue weighted by Gasteiger charge is -2.46. The molecule has 0 N–H and O–H groups in total. The summed E-state index contributed by atoms with van der Waals surface area (Å²) in [5.41, 5.74) is 2.73. The number of benzene rings is 2. The van der Waals surface area contributed by atoms with Crippen molar-refractivity contribution in [3.63, 3.8) is 0 Å². The summed E-state index contributed by atoms with van der Waals surface area (Å²) in [5, 5.41) is 0. The Morgan fingerprint density at radius 1 is 0.852 bits per heavy atom. The number of hydrogen-bond donors (Lipinski definition) is 0. The van der Waals surface area contributed by atoms with Crippen LogP contribution in [0.1, 0.15) is 49.3 Å². The summed E-state index contributed by atoms with van der Waals surface area (Å²) in [6, 6.07) is 22.3. The van der Waals surface area contributed by atoms with Crippen molar-refractivity contribution in [3.8, 4) is 0 Å². The molecule has 1 spiro atoms. The normalized spacial score (nSPS) is 28.3. The van der Waals surface area contributed by atoms with Crippen LogP contribution >= 0.6 is 0 Å². The van der Waals surface area contributed by atoms with Gasteiger partial charge in [0.2, 0.25) is 0 Å². The minimum absolute atomic E-state index is 0.0429. The number of nitrogens with zero attached hydrogens (tertiary/aromatic N) is 2. The minimum atomic E-state index is -0.0429. The Balaban J connectivity index is 1.32. The molecule has 2 atom stereocenters. The maximum atomic E-state index is 6.92. The molecule has 2 aromatic rings. The molecule has 0 aromatic heterocycles. The zero-order valence-electron chi connectivity index (χ0n) is 16.1. The van der Waals surface area contributed by atoms with Crippen molar-refractivity contribution in [1.82, 2.24) is 9.80 Å². The van der Waals surface area contributed by atoms with Gasteiger partial charge in [-0.3, -0.25) is 9.80 Å². The van der Waals surface area contributed by atoms with Crippen LogP contribution in [0.25, 0.3) is 0 Å². The molecule has 2 unspecified atom stereocenters. The monoisotopic (exact) mass is 362 g/mol. The molecule has 3 saturated heterocycles. The Kier molecular flexibility index (Phi) is 4.76. The van der Waals surface area contributed by atoms with Crippen LogP contribution in [-0.4, -0.2) is 41.2 Å². The second-order valence-corrected chi connectivity index (χ2v) is 8.41. The van der Waals surface area contributed by atoms with Crippen molar-refractivity contribution >= 4 is 0 Å². The first kappa shape index (κ1) is 17.4. The van der Waals surface area contributed by atoms with E-state index in [4.69, 9.17) is 4.74 Å². The van der Waals surface area contributed by atoms with E-state index >= 15 is 0 Å². The van der Waals surface area contributed by atoms with Gasteiger partial charge >= 0.3 is 0 Å². The summed E-state index contributed by atoms with van der Waals surface area (Å²) >= 11 is 0. The lowest BCUT2D eigenvalue weighted by Crippen LogP contribution is -2.55. The third kappa shape index (κ3) is 3.33. The van der Waals surface area contributed by atoms with Gasteiger partial charge in [0.05, 0.1) is 0 Å². The topological polar surface area (TPSA) is 15.7 Å². The molecular formula is C24H30N2O. The summed E-state index contributed by atoms with van der Waals surface area (Å²) in [6.07, 6.45) is 6.42. The van der Waals surface area contributed by atoms with E-state index in [1.54, 1.807) is 0 Å². The summed E-state index contributed by atoms with van der Waals surface area (Å²) in [6.45, 7) is 4.51. The minimum Gasteiger partial charge on any atom is -0.351 e. The van der Waals surface area contributed by atoms with Crippen LogP contribution < -0.4 is 0 Å². The van der Waals surface area contributed by atoms with Gasteiger partial charge in [0.1, 0.15) is 11.8 Å². The molecule has 0 radical (unpaired) electrons. The van der Waals surface area contributed by atoms with Crippen LogP contribution in [0, 0.1) is 0 Å². The third-order valence-corrected chi connectivity index (χ3v) is 6.78. The van der Waals surface area contributed by atoms with Gasteiger partial charge in [0, 0.05) is 45.1 Å². The highest BCUT2D eigenvalue weighted by Crippen LogP contribution is 2.49. The maximum Gasteiger partial charge on any atom is 0.125 e. The molecule has 5 rings (SSSR count). The van der Waals surface area contributed by atoms with Crippen LogP contribution in [0.15, 0.2) is 60.7 Å². The second kappa shape index (κ2) is 7.38. The molecular weight excluding hydrogens is 332 g/mol. The summed E-state index contributed by atoms with van der Waals surface area (Å²) in [5.74, 6) is 0. The Labute approximate surface area is 162 Å². The van der Waals surface area contributed by atoms with Crippen LogP contribution in [0.3, 0.4) is 0 Å². The van der Waals surface area contributed by atoms with Gasteiger partial charge in [-0.15, -0.1) is 0 Å². The van der Waals surface area contributed by atoms with Crippen molar-refractivity contribution in [1.29, 1.82) is 0 Å². The van der Waals surface area contributed by atoms with E-state index in [0.717, 1.165) is 32.5 Å². The van der Waals surface area contributed by atoms with Gasteiger partial charge < -0.3 is 4.74 Å². The van der Waals surface area contributed by atoms with E-state index < -0.39 is 0 Å². The number of rotatable bonds is 3. The first-order valence-corrected chi connectivity index (χ1v) is 10.6. The molecule has 0 aliphatic carbocycles. The summed E-state index contributed by atoms with van der Waals surface area (Å²) < 4.78 is 6.92. The molecule has 3 fully saturated rings. The quantitative estimate of drug-likeness (QED) is 0.793. The number of piperidine rings is 2. The predicted octanol–water partition coefficient (Wildman–Crippen LogP) is 4.60. The molecule has 3 heteroatoms. The maximum absolute atomic E-state index is 6.92. The molecule has 0 saturated carbocycles. The first-order valence-electron chi connectivity index (χ1n) is 10.6. The Hall–Kier alpha value is -1.68. The fourth-order valence-electron chi connectivity index (χ4n) is 5.40. The van der Waals surface area contributed by atoms with E-state index in [9.17, 15) is 0 Å². The van der Waals surface area contributed by atoms with Crippen LogP contribution in [-0.2, 0) is 11.3 Å². The van der Waals surface area contributed by atoms with Gasteiger partial charge in [-0.2, -0.15) is 0 Å². The van der Waals surface area contributed by atoms with Crippen LogP contribution in [0.5, 0.6) is 0 Å². The van der Waals surface area contributed by atoms with E-state index in [-0.39, 0.29) is 11.8 Å². The fraction of sp³-hybridized carbons (Fsp3) is 0.500. The molecule has 2 aromatic carbocycles. The Morgan fingerprint density at radius 3 is 2.30 bits per heavy atom. The zero-order chi connectivity index (χ0) is 18.1. The van der Waals surface area contributed by atoms with Crippen molar-refractivity contribution < 1.29 is 4.74 Å². The van der Waals surface area contributed by atoms with Crippen molar-refractivity contribution in [2.45, 2.75) is 56.5 Å².